The van der Waals surface area contributed by atoms with E-state index < -0.39 is 5.82 Å². The third-order valence-corrected chi connectivity index (χ3v) is 4.98. The van der Waals surface area contributed by atoms with Crippen LogP contribution in [-0.4, -0.2) is 55.4 Å². The summed E-state index contributed by atoms with van der Waals surface area (Å²) in [6.07, 6.45) is 0. The van der Waals surface area contributed by atoms with Crippen molar-refractivity contribution in [2.45, 2.75) is 19.5 Å². The molecule has 0 aromatic heterocycles. The summed E-state index contributed by atoms with van der Waals surface area (Å²) in [7, 11) is 0. The molecule has 1 aliphatic heterocycles. The van der Waals surface area contributed by atoms with E-state index in [-0.39, 0.29) is 24.2 Å². The number of nitrogens with one attached hydrogen (secondary N) is 2. The summed E-state index contributed by atoms with van der Waals surface area (Å²) in [6, 6.07) is 10.8. The van der Waals surface area contributed by atoms with Gasteiger partial charge in [0, 0.05) is 26.2 Å². The van der Waals surface area contributed by atoms with E-state index in [2.05, 4.69) is 20.5 Å². The number of hydrogen-bond acceptors (Lipinski definition) is 4. The maximum absolute atomic E-state index is 13.6. The van der Waals surface area contributed by atoms with Crippen LogP contribution in [0.3, 0.4) is 0 Å². The first-order valence-electron chi connectivity index (χ1n) is 10.1. The number of aliphatic imine (C=N–C) groups is 1. The third-order valence-electron chi connectivity index (χ3n) is 4.98. The quantitative estimate of drug-likeness (QED) is 0.477. The van der Waals surface area contributed by atoms with Gasteiger partial charge in [-0.15, -0.1) is 0 Å². The zero-order valence-corrected chi connectivity index (χ0v) is 17.1. The van der Waals surface area contributed by atoms with Crippen LogP contribution in [-0.2, 0) is 11.3 Å². The summed E-state index contributed by atoms with van der Waals surface area (Å²) in [4.78, 5) is 6.83. The molecule has 2 aromatic carbocycles. The predicted octanol–water partition coefficient (Wildman–Crippen LogP) is 2.80. The van der Waals surface area contributed by atoms with Crippen LogP contribution in [0, 0.1) is 11.6 Å². The van der Waals surface area contributed by atoms with E-state index in [0.29, 0.717) is 37.8 Å². The fourth-order valence-electron chi connectivity index (χ4n) is 3.39. The average molecular weight is 418 g/mol. The van der Waals surface area contributed by atoms with Crippen LogP contribution < -0.4 is 10.6 Å². The minimum atomic E-state index is -0.663. The molecule has 3 rings (SSSR count). The van der Waals surface area contributed by atoms with Gasteiger partial charge in [-0.25, -0.2) is 13.8 Å². The average Bonchev–Trinajstić information content (AvgIpc) is 2.76. The van der Waals surface area contributed by atoms with Gasteiger partial charge in [-0.3, -0.25) is 4.90 Å². The molecule has 30 heavy (non-hydrogen) atoms. The topological polar surface area (TPSA) is 69.1 Å². The van der Waals surface area contributed by atoms with E-state index >= 15 is 0 Å². The number of rotatable bonds is 7. The van der Waals surface area contributed by atoms with Gasteiger partial charge in [-0.1, -0.05) is 18.2 Å². The van der Waals surface area contributed by atoms with Crippen LogP contribution >= 0.6 is 0 Å². The number of aromatic hydroxyl groups is 1. The van der Waals surface area contributed by atoms with Crippen molar-refractivity contribution in [2.24, 2.45) is 4.99 Å². The zero-order chi connectivity index (χ0) is 21.3. The Labute approximate surface area is 175 Å². The molecule has 0 aliphatic carbocycles. The Balaban J connectivity index is 1.71. The Kier molecular flexibility index (Phi) is 7.98. The lowest BCUT2D eigenvalue weighted by Gasteiger charge is -2.35. The molecule has 1 unspecified atom stereocenters. The van der Waals surface area contributed by atoms with Crippen LogP contribution in [0.1, 0.15) is 24.1 Å². The SMILES string of the molecule is CCNC(=NCc1ccc(O)c(F)c1)NCC(c1ccc(F)cc1)N1CCOCC1. The molecule has 1 aliphatic rings. The highest BCUT2D eigenvalue weighted by atomic mass is 19.1. The number of halogens is 2. The van der Waals surface area contributed by atoms with Crippen LogP contribution in [0.25, 0.3) is 0 Å². The van der Waals surface area contributed by atoms with Gasteiger partial charge < -0.3 is 20.5 Å². The molecule has 162 valence electrons. The van der Waals surface area contributed by atoms with Crippen molar-refractivity contribution < 1.29 is 18.6 Å². The second kappa shape index (κ2) is 10.9. The van der Waals surface area contributed by atoms with Crippen molar-refractivity contribution in [3.8, 4) is 5.75 Å². The van der Waals surface area contributed by atoms with Gasteiger partial charge in [0.05, 0.1) is 25.8 Å². The van der Waals surface area contributed by atoms with Gasteiger partial charge in [0.1, 0.15) is 5.82 Å². The molecular formula is C22H28F2N4O2. The number of ether oxygens (including phenoxy) is 1. The first-order chi connectivity index (χ1) is 14.6. The maximum Gasteiger partial charge on any atom is 0.191 e. The second-order valence-corrected chi connectivity index (χ2v) is 7.08. The number of nitrogens with zero attached hydrogens (tertiary/aromatic N) is 2. The fraction of sp³-hybridized carbons (Fsp3) is 0.409. The summed E-state index contributed by atoms with van der Waals surface area (Å²) in [5.41, 5.74) is 1.67. The lowest BCUT2D eigenvalue weighted by Crippen LogP contribution is -2.46. The summed E-state index contributed by atoms with van der Waals surface area (Å²) in [6.45, 7) is 6.41. The van der Waals surface area contributed by atoms with Crippen LogP contribution in [0.15, 0.2) is 47.5 Å². The molecule has 1 saturated heterocycles. The van der Waals surface area contributed by atoms with E-state index in [1.54, 1.807) is 18.2 Å². The largest absolute Gasteiger partial charge is 0.505 e. The van der Waals surface area contributed by atoms with Gasteiger partial charge in [0.2, 0.25) is 0 Å². The van der Waals surface area contributed by atoms with Crippen LogP contribution in [0.5, 0.6) is 5.75 Å². The maximum atomic E-state index is 13.6. The second-order valence-electron chi connectivity index (χ2n) is 7.08. The van der Waals surface area contributed by atoms with E-state index in [1.165, 1.54) is 24.3 Å². The smallest absolute Gasteiger partial charge is 0.191 e. The van der Waals surface area contributed by atoms with E-state index in [4.69, 9.17) is 4.74 Å². The van der Waals surface area contributed by atoms with Crippen molar-refractivity contribution in [2.75, 3.05) is 39.4 Å². The number of phenols is 1. The minimum Gasteiger partial charge on any atom is -0.505 e. The molecule has 0 saturated carbocycles. The number of benzene rings is 2. The highest BCUT2D eigenvalue weighted by molar-refractivity contribution is 5.79. The Morgan fingerprint density at radius 1 is 1.13 bits per heavy atom. The lowest BCUT2D eigenvalue weighted by atomic mass is 10.0. The van der Waals surface area contributed by atoms with Crippen LogP contribution in [0.4, 0.5) is 8.78 Å². The Bertz CT molecular complexity index is 840. The van der Waals surface area contributed by atoms with Crippen LogP contribution in [0.2, 0.25) is 0 Å². The Morgan fingerprint density at radius 3 is 2.53 bits per heavy atom. The number of phenolic OH excluding ortho intramolecular Hbond substituents is 1. The monoisotopic (exact) mass is 418 g/mol. The van der Waals surface area contributed by atoms with E-state index in [0.717, 1.165) is 18.7 Å². The van der Waals surface area contributed by atoms with Gasteiger partial charge in [-0.2, -0.15) is 0 Å². The molecule has 1 heterocycles. The van der Waals surface area contributed by atoms with Crippen molar-refractivity contribution in [1.82, 2.24) is 15.5 Å². The molecule has 0 amide bonds. The molecule has 6 nitrogen and oxygen atoms in total. The van der Waals surface area contributed by atoms with Crippen molar-refractivity contribution >= 4 is 5.96 Å². The molecule has 8 heteroatoms. The van der Waals surface area contributed by atoms with Gasteiger partial charge in [0.15, 0.2) is 17.5 Å². The summed E-state index contributed by atoms with van der Waals surface area (Å²) < 4.78 is 32.4. The fourth-order valence-corrected chi connectivity index (χ4v) is 3.39. The molecule has 0 spiro atoms. The number of hydrogen-bond donors (Lipinski definition) is 3. The molecular weight excluding hydrogens is 390 g/mol. The first kappa shape index (κ1) is 22.0. The standard InChI is InChI=1S/C22H28F2N4O2/c1-2-25-22(26-14-16-3-8-21(29)19(24)13-16)27-15-20(28-9-11-30-12-10-28)17-4-6-18(23)7-5-17/h3-8,13,20,29H,2,9-12,14-15H2,1H3,(H2,25,26,27). The molecule has 1 fully saturated rings. The molecule has 3 N–H and O–H groups in total. The van der Waals surface area contributed by atoms with E-state index in [9.17, 15) is 13.9 Å². The Hall–Kier alpha value is -2.71. The summed E-state index contributed by atoms with van der Waals surface area (Å²) in [5, 5.41) is 15.9. The highest BCUT2D eigenvalue weighted by Gasteiger charge is 2.23. The molecule has 1 atom stereocenters. The van der Waals surface area contributed by atoms with Crippen molar-refractivity contribution in [3.05, 3.63) is 65.2 Å². The molecule has 0 bridgehead atoms. The van der Waals surface area contributed by atoms with Crippen molar-refractivity contribution in [1.29, 1.82) is 0 Å². The van der Waals surface area contributed by atoms with Gasteiger partial charge in [0.25, 0.3) is 0 Å². The normalized spacial score (nSPS) is 16.3. The molecule has 0 radical (unpaired) electrons. The summed E-state index contributed by atoms with van der Waals surface area (Å²) >= 11 is 0. The first-order valence-corrected chi connectivity index (χ1v) is 10.1. The highest BCUT2D eigenvalue weighted by Crippen LogP contribution is 2.22. The van der Waals surface area contributed by atoms with Gasteiger partial charge >= 0.3 is 0 Å². The zero-order valence-electron chi connectivity index (χ0n) is 17.1. The number of morpholine rings is 1. The third kappa shape index (κ3) is 6.14. The Morgan fingerprint density at radius 2 is 1.87 bits per heavy atom. The summed E-state index contributed by atoms with van der Waals surface area (Å²) in [5.74, 6) is -0.695. The predicted molar refractivity (Wildman–Crippen MR) is 112 cm³/mol. The minimum absolute atomic E-state index is 0.0319. The molecule has 2 aromatic rings. The van der Waals surface area contributed by atoms with Crippen molar-refractivity contribution in [3.63, 3.8) is 0 Å². The lowest BCUT2D eigenvalue weighted by molar-refractivity contribution is 0.0170. The van der Waals surface area contributed by atoms with E-state index in [1.807, 2.05) is 6.92 Å². The number of guanidine groups is 1. The van der Waals surface area contributed by atoms with Gasteiger partial charge in [-0.05, 0) is 42.3 Å².